The van der Waals surface area contributed by atoms with E-state index in [1.165, 1.54) is 0 Å². The third-order valence-electron chi connectivity index (χ3n) is 8.15. The number of nitrogens with zero attached hydrogens (tertiary/aromatic N) is 1. The molecule has 41 heavy (non-hydrogen) atoms. The Kier molecular flexibility index (Phi) is 9.22. The summed E-state index contributed by atoms with van der Waals surface area (Å²) in [5.74, 6) is 0.679. The Balaban J connectivity index is 1.23. The second-order valence-electron chi connectivity index (χ2n) is 11.7. The van der Waals surface area contributed by atoms with Gasteiger partial charge in [-0.3, -0.25) is 4.98 Å². The zero-order valence-electron chi connectivity index (χ0n) is 24.0. The van der Waals surface area contributed by atoms with Crippen LogP contribution in [0.4, 0.5) is 8.78 Å². The maximum Gasteiger partial charge on any atom is 0.387 e. The normalized spacial score (nSPS) is 29.0. The number of hydrogen-bond acceptors (Lipinski definition) is 6. The molecule has 1 aromatic heterocycles. The van der Waals surface area contributed by atoms with Gasteiger partial charge in [-0.15, -0.1) is 0 Å². The highest BCUT2D eigenvalue weighted by molar-refractivity contribution is 5.73. The van der Waals surface area contributed by atoms with Crippen molar-refractivity contribution in [2.75, 3.05) is 26.4 Å². The van der Waals surface area contributed by atoms with Crippen molar-refractivity contribution in [2.45, 2.75) is 64.2 Å². The minimum absolute atomic E-state index is 0.0262. The van der Waals surface area contributed by atoms with E-state index in [0.717, 1.165) is 47.7 Å². The number of benzene rings is 1. The highest BCUT2D eigenvalue weighted by Gasteiger charge is 2.46. The van der Waals surface area contributed by atoms with E-state index >= 15 is 0 Å². The Morgan fingerprint density at radius 3 is 2.61 bits per heavy atom. The average molecular weight is 567 g/mol. The average Bonchev–Trinajstić information content (AvgIpc) is 3.46. The molecule has 8 heteroatoms. The van der Waals surface area contributed by atoms with Crippen LogP contribution in [0.25, 0.3) is 5.57 Å². The lowest BCUT2D eigenvalue weighted by molar-refractivity contribution is -0.0506. The van der Waals surface area contributed by atoms with Crippen LogP contribution in [0.15, 0.2) is 72.1 Å². The molecule has 1 saturated heterocycles. The van der Waals surface area contributed by atoms with Crippen LogP contribution in [-0.4, -0.2) is 54.8 Å². The van der Waals surface area contributed by atoms with E-state index in [2.05, 4.69) is 42.6 Å². The first-order chi connectivity index (χ1) is 19.7. The summed E-state index contributed by atoms with van der Waals surface area (Å²) in [6, 6.07) is 11.0. The van der Waals surface area contributed by atoms with Gasteiger partial charge in [-0.05, 0) is 62.0 Å². The number of ether oxygens (including phenoxy) is 3. The number of pyridine rings is 1. The number of aliphatic hydroxyl groups is 1. The first-order valence-electron chi connectivity index (χ1n) is 14.4. The summed E-state index contributed by atoms with van der Waals surface area (Å²) in [5, 5.41) is 14.7. The number of rotatable bonds is 8. The zero-order valence-corrected chi connectivity index (χ0v) is 24.0. The van der Waals surface area contributed by atoms with Gasteiger partial charge >= 0.3 is 6.61 Å². The molecule has 5 rings (SSSR count). The summed E-state index contributed by atoms with van der Waals surface area (Å²) in [6.45, 7) is 5.83. The molecular formula is C33H40F2N2O4. The molecule has 220 valence electrons. The fourth-order valence-electron chi connectivity index (χ4n) is 6.17. The van der Waals surface area contributed by atoms with Crippen LogP contribution >= 0.6 is 0 Å². The molecule has 2 aromatic rings. The summed E-state index contributed by atoms with van der Waals surface area (Å²) in [7, 11) is 0. The molecule has 0 bridgehead atoms. The quantitative estimate of drug-likeness (QED) is 0.380. The lowest BCUT2D eigenvalue weighted by Gasteiger charge is -2.26. The van der Waals surface area contributed by atoms with E-state index in [1.54, 1.807) is 19.1 Å². The molecule has 2 unspecified atom stereocenters. The van der Waals surface area contributed by atoms with Crippen LogP contribution in [-0.2, 0) is 15.9 Å². The van der Waals surface area contributed by atoms with Crippen LogP contribution in [0, 0.1) is 11.8 Å². The van der Waals surface area contributed by atoms with Crippen molar-refractivity contribution in [2.24, 2.45) is 11.8 Å². The van der Waals surface area contributed by atoms with Gasteiger partial charge in [0.2, 0.25) is 0 Å². The predicted molar refractivity (Wildman–Crippen MR) is 155 cm³/mol. The minimum Gasteiger partial charge on any atom is -0.435 e. The number of aromatic nitrogens is 1. The van der Waals surface area contributed by atoms with Crippen molar-refractivity contribution in [3.8, 4) is 5.75 Å². The van der Waals surface area contributed by atoms with Gasteiger partial charge in [0, 0.05) is 46.9 Å². The molecule has 1 fully saturated rings. The molecule has 0 saturated carbocycles. The van der Waals surface area contributed by atoms with Gasteiger partial charge in [-0.1, -0.05) is 49.4 Å². The summed E-state index contributed by atoms with van der Waals surface area (Å²) in [6.07, 6.45) is 10.0. The Labute approximate surface area is 241 Å². The summed E-state index contributed by atoms with van der Waals surface area (Å²) in [5.41, 5.74) is 4.51. The first-order valence-corrected chi connectivity index (χ1v) is 14.4. The first kappa shape index (κ1) is 29.4. The highest BCUT2D eigenvalue weighted by Crippen LogP contribution is 2.51. The molecule has 0 radical (unpaired) electrons. The third kappa shape index (κ3) is 7.05. The minimum atomic E-state index is -2.90. The number of alkyl halides is 2. The number of hydrogen-bond donors (Lipinski definition) is 2. The van der Waals surface area contributed by atoms with Crippen molar-refractivity contribution in [1.82, 2.24) is 10.3 Å². The second-order valence-corrected chi connectivity index (χ2v) is 11.7. The van der Waals surface area contributed by atoms with Crippen molar-refractivity contribution < 1.29 is 28.1 Å². The van der Waals surface area contributed by atoms with Gasteiger partial charge in [-0.25, -0.2) is 0 Å². The Bertz CT molecular complexity index is 1280. The van der Waals surface area contributed by atoms with E-state index in [9.17, 15) is 13.9 Å². The Hall–Kier alpha value is -3.07. The van der Waals surface area contributed by atoms with Gasteiger partial charge < -0.3 is 24.6 Å². The fraction of sp³-hybridized carbons (Fsp3) is 0.485. The number of para-hydroxylation sites is 1. The SMILES string of the molecule is C/C=C(\C=C/C1CC2=C(N1)C(C)(O)C[C@H]2c1ccccc1OC(F)F)c1ccc(CC2COCC(C)COC2)nc1. The maximum absolute atomic E-state index is 13.1. The molecule has 6 nitrogen and oxygen atoms in total. The van der Waals surface area contributed by atoms with E-state index in [1.807, 2.05) is 25.3 Å². The van der Waals surface area contributed by atoms with Gasteiger partial charge in [0.05, 0.1) is 26.4 Å². The van der Waals surface area contributed by atoms with Gasteiger partial charge in [-0.2, -0.15) is 8.78 Å². The van der Waals surface area contributed by atoms with Crippen molar-refractivity contribution >= 4 is 5.57 Å². The van der Waals surface area contributed by atoms with Crippen molar-refractivity contribution in [3.63, 3.8) is 0 Å². The lowest BCUT2D eigenvalue weighted by atomic mass is 9.87. The maximum atomic E-state index is 13.1. The van der Waals surface area contributed by atoms with Gasteiger partial charge in [0.15, 0.2) is 0 Å². The van der Waals surface area contributed by atoms with Crippen LogP contribution < -0.4 is 10.1 Å². The molecular weight excluding hydrogens is 526 g/mol. The topological polar surface area (TPSA) is 72.8 Å². The van der Waals surface area contributed by atoms with E-state index in [-0.39, 0.29) is 17.7 Å². The van der Waals surface area contributed by atoms with E-state index in [0.29, 0.717) is 43.5 Å². The summed E-state index contributed by atoms with van der Waals surface area (Å²) in [4.78, 5) is 4.72. The van der Waals surface area contributed by atoms with E-state index in [4.69, 9.17) is 19.2 Å². The van der Waals surface area contributed by atoms with Gasteiger partial charge in [0.25, 0.3) is 0 Å². The molecule has 3 atom stereocenters. The van der Waals surface area contributed by atoms with Crippen LogP contribution in [0.1, 0.15) is 56.4 Å². The summed E-state index contributed by atoms with van der Waals surface area (Å²) >= 11 is 0. The standard InChI is InChI=1S/C33H40F2N2O4/c1-4-23(24-10-11-25(36-16-24)13-22-19-39-17-21(2)18-40-20-22)9-12-26-14-28-29(15-33(3,38)31(28)37-26)27-7-5-6-8-30(27)41-32(34)35/h4-12,16,21-22,26,29,32,37-38H,13-15,17-20H2,1-3H3/b12-9-,23-4+/t21?,22?,26?,29-,33?/m0/s1. The molecule has 2 N–H and O–H groups in total. The van der Waals surface area contributed by atoms with Crippen molar-refractivity contribution in [1.29, 1.82) is 0 Å². The summed E-state index contributed by atoms with van der Waals surface area (Å²) < 4.78 is 42.6. The van der Waals surface area contributed by atoms with Crippen molar-refractivity contribution in [3.05, 3.63) is 88.9 Å². The molecule has 0 spiro atoms. The number of halogens is 2. The smallest absolute Gasteiger partial charge is 0.387 e. The molecule has 3 heterocycles. The molecule has 3 aliphatic rings. The highest BCUT2D eigenvalue weighted by atomic mass is 19.3. The predicted octanol–water partition coefficient (Wildman–Crippen LogP) is 6.04. The largest absolute Gasteiger partial charge is 0.435 e. The molecule has 2 aliphatic heterocycles. The lowest BCUT2D eigenvalue weighted by Crippen LogP contribution is -2.34. The number of allylic oxidation sites excluding steroid dienone is 3. The molecule has 1 aromatic carbocycles. The van der Waals surface area contributed by atoms with Crippen LogP contribution in [0.3, 0.4) is 0 Å². The van der Waals surface area contributed by atoms with E-state index < -0.39 is 12.2 Å². The Morgan fingerprint density at radius 1 is 1.17 bits per heavy atom. The molecule has 1 aliphatic carbocycles. The third-order valence-corrected chi connectivity index (χ3v) is 8.15. The zero-order chi connectivity index (χ0) is 29.0. The van der Waals surface area contributed by atoms with Gasteiger partial charge in [0.1, 0.15) is 11.4 Å². The monoisotopic (exact) mass is 566 g/mol. The van der Waals surface area contributed by atoms with Crippen LogP contribution in [0.2, 0.25) is 0 Å². The number of nitrogens with one attached hydrogen (secondary N) is 1. The Morgan fingerprint density at radius 2 is 1.93 bits per heavy atom. The molecule has 0 amide bonds. The van der Waals surface area contributed by atoms with Crippen LogP contribution in [0.5, 0.6) is 5.75 Å². The fourth-order valence-corrected chi connectivity index (χ4v) is 6.17. The second kappa shape index (κ2) is 12.8.